The van der Waals surface area contributed by atoms with Crippen LogP contribution in [0.25, 0.3) is 0 Å². The van der Waals surface area contributed by atoms with E-state index < -0.39 is 0 Å². The van der Waals surface area contributed by atoms with Crippen LogP contribution in [-0.4, -0.2) is 16.7 Å². The molecule has 1 saturated heterocycles. The lowest BCUT2D eigenvalue weighted by Crippen LogP contribution is -2.43. The molecule has 2 heterocycles. The van der Waals surface area contributed by atoms with Crippen LogP contribution in [0.15, 0.2) is 4.52 Å². The predicted molar refractivity (Wildman–Crippen MR) is 73.9 cm³/mol. The van der Waals surface area contributed by atoms with Crippen LogP contribution in [0.4, 0.5) is 0 Å². The fourth-order valence-corrected chi connectivity index (χ4v) is 3.40. The number of hydrogen-bond donors (Lipinski definition) is 1. The molecule has 2 fully saturated rings. The van der Waals surface area contributed by atoms with E-state index in [0.29, 0.717) is 5.92 Å². The van der Waals surface area contributed by atoms with Gasteiger partial charge in [0.15, 0.2) is 5.82 Å². The van der Waals surface area contributed by atoms with E-state index in [1.165, 1.54) is 51.4 Å². The Morgan fingerprint density at radius 1 is 1.11 bits per heavy atom. The molecule has 1 unspecified atom stereocenters. The minimum absolute atomic E-state index is 0.103. The average Bonchev–Trinajstić information content (AvgIpc) is 2.77. The van der Waals surface area contributed by atoms with Gasteiger partial charge in [-0.2, -0.15) is 4.98 Å². The number of piperidine rings is 1. The smallest absolute Gasteiger partial charge is 0.246 e. The maximum Gasteiger partial charge on any atom is 0.246 e. The molecular formula is C15H25N3O. The van der Waals surface area contributed by atoms with Gasteiger partial charge in [-0.05, 0) is 45.6 Å². The second-order valence-electron chi connectivity index (χ2n) is 6.36. The maximum absolute atomic E-state index is 5.58. The van der Waals surface area contributed by atoms with Crippen LogP contribution in [0, 0.1) is 0 Å². The van der Waals surface area contributed by atoms with Crippen molar-refractivity contribution in [2.75, 3.05) is 6.54 Å². The monoisotopic (exact) mass is 263 g/mol. The SMILES string of the molecule is CC1(c2nc(C3CCCCCC3)no2)CCCCN1. The highest BCUT2D eigenvalue weighted by atomic mass is 16.5. The van der Waals surface area contributed by atoms with Crippen LogP contribution >= 0.6 is 0 Å². The Morgan fingerprint density at radius 2 is 1.89 bits per heavy atom. The van der Waals surface area contributed by atoms with Crippen LogP contribution in [-0.2, 0) is 5.54 Å². The molecule has 0 radical (unpaired) electrons. The van der Waals surface area contributed by atoms with E-state index in [4.69, 9.17) is 9.51 Å². The summed E-state index contributed by atoms with van der Waals surface area (Å²) in [5, 5.41) is 7.82. The molecule has 1 aromatic heterocycles. The first-order chi connectivity index (χ1) is 9.28. The minimum atomic E-state index is -0.103. The summed E-state index contributed by atoms with van der Waals surface area (Å²) >= 11 is 0. The van der Waals surface area contributed by atoms with Gasteiger partial charge in [0, 0.05) is 5.92 Å². The Labute approximate surface area is 115 Å². The van der Waals surface area contributed by atoms with Crippen LogP contribution in [0.1, 0.15) is 82.3 Å². The second kappa shape index (κ2) is 5.61. The number of hydrogen-bond acceptors (Lipinski definition) is 4. The van der Waals surface area contributed by atoms with Gasteiger partial charge in [0.05, 0.1) is 5.54 Å². The second-order valence-corrected chi connectivity index (χ2v) is 6.36. The normalized spacial score (nSPS) is 30.2. The zero-order valence-electron chi connectivity index (χ0n) is 12.0. The Balaban J connectivity index is 1.74. The molecule has 2 aliphatic rings. The summed E-state index contributed by atoms with van der Waals surface area (Å²) < 4.78 is 5.58. The highest BCUT2D eigenvalue weighted by Gasteiger charge is 2.34. The topological polar surface area (TPSA) is 51.0 Å². The number of nitrogens with one attached hydrogen (secondary N) is 1. The van der Waals surface area contributed by atoms with Crippen molar-refractivity contribution in [2.24, 2.45) is 0 Å². The van der Waals surface area contributed by atoms with Crippen molar-refractivity contribution < 1.29 is 4.52 Å². The van der Waals surface area contributed by atoms with Crippen molar-refractivity contribution in [1.29, 1.82) is 0 Å². The Morgan fingerprint density at radius 3 is 2.58 bits per heavy atom. The van der Waals surface area contributed by atoms with Crippen molar-refractivity contribution in [3.05, 3.63) is 11.7 Å². The molecule has 0 aromatic carbocycles. The minimum Gasteiger partial charge on any atom is -0.337 e. The fraction of sp³-hybridized carbons (Fsp3) is 0.867. The molecule has 1 aliphatic heterocycles. The van der Waals surface area contributed by atoms with E-state index in [0.717, 1.165) is 24.7 Å². The van der Waals surface area contributed by atoms with Crippen molar-refractivity contribution in [2.45, 2.75) is 76.2 Å². The molecule has 0 bridgehead atoms. The third-order valence-electron chi connectivity index (χ3n) is 4.75. The first kappa shape index (κ1) is 13.1. The Bertz CT molecular complexity index is 401. The average molecular weight is 263 g/mol. The molecule has 0 spiro atoms. The predicted octanol–water partition coefficient (Wildman–Crippen LogP) is 3.50. The van der Waals surface area contributed by atoms with Gasteiger partial charge in [-0.3, -0.25) is 0 Å². The largest absolute Gasteiger partial charge is 0.337 e. The molecule has 4 heteroatoms. The standard InChI is InChI=1S/C15H25N3O/c1-15(10-6-7-11-16-15)14-17-13(18-19-14)12-8-4-2-3-5-9-12/h12,16H,2-11H2,1H3. The summed E-state index contributed by atoms with van der Waals surface area (Å²) in [5.41, 5.74) is -0.103. The highest BCUT2D eigenvalue weighted by molar-refractivity contribution is 5.05. The molecule has 1 aromatic rings. The quantitative estimate of drug-likeness (QED) is 0.830. The van der Waals surface area contributed by atoms with Crippen molar-refractivity contribution in [3.63, 3.8) is 0 Å². The van der Waals surface area contributed by atoms with Crippen molar-refractivity contribution >= 4 is 0 Å². The lowest BCUT2D eigenvalue weighted by molar-refractivity contribution is 0.206. The summed E-state index contributed by atoms with van der Waals surface area (Å²) in [6.45, 7) is 3.24. The van der Waals surface area contributed by atoms with E-state index in [1.54, 1.807) is 0 Å². The molecule has 1 aliphatic carbocycles. The van der Waals surface area contributed by atoms with Gasteiger partial charge in [-0.25, -0.2) is 0 Å². The zero-order chi connectivity index (χ0) is 13.1. The molecule has 3 rings (SSSR count). The molecule has 4 nitrogen and oxygen atoms in total. The van der Waals surface area contributed by atoms with Crippen LogP contribution in [0.2, 0.25) is 0 Å². The fourth-order valence-electron chi connectivity index (χ4n) is 3.40. The Kier molecular flexibility index (Phi) is 3.87. The van der Waals surface area contributed by atoms with E-state index in [-0.39, 0.29) is 5.54 Å². The number of aromatic nitrogens is 2. The van der Waals surface area contributed by atoms with Gasteiger partial charge in [-0.15, -0.1) is 0 Å². The van der Waals surface area contributed by atoms with Gasteiger partial charge >= 0.3 is 0 Å². The summed E-state index contributed by atoms with van der Waals surface area (Å²) in [6.07, 6.45) is 11.4. The van der Waals surface area contributed by atoms with E-state index in [9.17, 15) is 0 Å². The highest BCUT2D eigenvalue weighted by Crippen LogP contribution is 2.33. The summed E-state index contributed by atoms with van der Waals surface area (Å²) in [4.78, 5) is 4.73. The number of rotatable bonds is 2. The van der Waals surface area contributed by atoms with Gasteiger partial charge in [0.2, 0.25) is 5.89 Å². The van der Waals surface area contributed by atoms with E-state index in [1.807, 2.05) is 0 Å². The first-order valence-corrected chi connectivity index (χ1v) is 7.87. The summed E-state index contributed by atoms with van der Waals surface area (Å²) in [7, 11) is 0. The summed E-state index contributed by atoms with van der Waals surface area (Å²) in [5.74, 6) is 2.27. The lowest BCUT2D eigenvalue weighted by atomic mass is 9.91. The third-order valence-corrected chi connectivity index (χ3v) is 4.75. The molecule has 0 amide bonds. The van der Waals surface area contributed by atoms with Gasteiger partial charge in [0.25, 0.3) is 0 Å². The van der Waals surface area contributed by atoms with Crippen LogP contribution in [0.5, 0.6) is 0 Å². The Hall–Kier alpha value is -0.900. The van der Waals surface area contributed by atoms with E-state index in [2.05, 4.69) is 17.4 Å². The van der Waals surface area contributed by atoms with Crippen molar-refractivity contribution in [3.8, 4) is 0 Å². The molecule has 19 heavy (non-hydrogen) atoms. The first-order valence-electron chi connectivity index (χ1n) is 7.87. The molecule has 1 saturated carbocycles. The molecular weight excluding hydrogens is 238 g/mol. The molecule has 1 N–H and O–H groups in total. The van der Waals surface area contributed by atoms with Gasteiger partial charge in [-0.1, -0.05) is 30.8 Å². The zero-order valence-corrected chi connectivity index (χ0v) is 12.0. The van der Waals surface area contributed by atoms with Crippen LogP contribution < -0.4 is 5.32 Å². The van der Waals surface area contributed by atoms with E-state index >= 15 is 0 Å². The van der Waals surface area contributed by atoms with Gasteiger partial charge < -0.3 is 9.84 Å². The lowest BCUT2D eigenvalue weighted by Gasteiger charge is -2.31. The van der Waals surface area contributed by atoms with Crippen LogP contribution in [0.3, 0.4) is 0 Å². The summed E-state index contributed by atoms with van der Waals surface area (Å²) in [6, 6.07) is 0. The number of nitrogens with zero attached hydrogens (tertiary/aromatic N) is 2. The molecule has 1 atom stereocenters. The van der Waals surface area contributed by atoms with Gasteiger partial charge in [0.1, 0.15) is 0 Å². The molecule has 106 valence electrons. The maximum atomic E-state index is 5.58. The third kappa shape index (κ3) is 2.83. The van der Waals surface area contributed by atoms with Crippen molar-refractivity contribution in [1.82, 2.24) is 15.5 Å².